The number of nitrogens with one attached hydrogen (secondary N) is 2. The van der Waals surface area contributed by atoms with Crippen LogP contribution >= 0.6 is 15.9 Å². The van der Waals surface area contributed by atoms with Gasteiger partial charge in [0.2, 0.25) is 0 Å². The normalized spacial score (nSPS) is 17.2. The fourth-order valence-electron chi connectivity index (χ4n) is 3.37. The van der Waals surface area contributed by atoms with Crippen molar-refractivity contribution in [2.45, 2.75) is 32.4 Å². The molecule has 150 valence electrons. The number of carbonyl (C=O) groups is 2. The number of hydrogen-bond donors (Lipinski definition) is 2. The highest BCUT2D eigenvalue weighted by Gasteiger charge is 2.37. The number of nitrogens with zero attached hydrogens (tertiary/aromatic N) is 2. The lowest BCUT2D eigenvalue weighted by molar-refractivity contribution is -0.144. The summed E-state index contributed by atoms with van der Waals surface area (Å²) < 4.78 is 20.1. The zero-order valence-corrected chi connectivity index (χ0v) is 17.4. The predicted octanol–water partition coefficient (Wildman–Crippen LogP) is 3.17. The summed E-state index contributed by atoms with van der Waals surface area (Å²) in [6.45, 7) is 3.98. The SMILES string of the molecule is COC(=O)[C@H](NC(=O)N1CCc2[nH]cnc2[C@H]1c1ccc(Br)cc1F)C(C)C. The third-order valence-electron chi connectivity index (χ3n) is 4.84. The van der Waals surface area contributed by atoms with E-state index in [0.717, 1.165) is 5.69 Å². The van der Waals surface area contributed by atoms with E-state index in [9.17, 15) is 14.0 Å². The Morgan fingerprint density at radius 1 is 1.43 bits per heavy atom. The second-order valence-corrected chi connectivity index (χ2v) is 7.89. The third kappa shape index (κ3) is 3.89. The first-order chi connectivity index (χ1) is 13.3. The molecule has 1 aliphatic heterocycles. The molecule has 0 bridgehead atoms. The first-order valence-corrected chi connectivity index (χ1v) is 9.74. The number of esters is 1. The van der Waals surface area contributed by atoms with Gasteiger partial charge in [-0.3, -0.25) is 0 Å². The molecule has 0 saturated carbocycles. The molecule has 2 amide bonds. The van der Waals surface area contributed by atoms with Gasteiger partial charge >= 0.3 is 12.0 Å². The maximum absolute atomic E-state index is 14.7. The minimum Gasteiger partial charge on any atom is -0.467 e. The largest absolute Gasteiger partial charge is 0.467 e. The molecule has 0 radical (unpaired) electrons. The summed E-state index contributed by atoms with van der Waals surface area (Å²) in [6.07, 6.45) is 2.10. The van der Waals surface area contributed by atoms with Crippen LogP contribution in [-0.4, -0.2) is 46.6 Å². The summed E-state index contributed by atoms with van der Waals surface area (Å²) in [4.78, 5) is 34.0. The second-order valence-electron chi connectivity index (χ2n) is 6.97. The van der Waals surface area contributed by atoms with Crippen LogP contribution in [-0.2, 0) is 16.0 Å². The van der Waals surface area contributed by atoms with E-state index in [1.165, 1.54) is 18.1 Å². The van der Waals surface area contributed by atoms with E-state index in [2.05, 4.69) is 31.2 Å². The van der Waals surface area contributed by atoms with Crippen LogP contribution in [0.5, 0.6) is 0 Å². The number of aromatic amines is 1. The molecule has 2 atom stereocenters. The van der Waals surface area contributed by atoms with Crippen molar-refractivity contribution in [3.05, 3.63) is 51.8 Å². The Morgan fingerprint density at radius 2 is 2.18 bits per heavy atom. The fraction of sp³-hybridized carbons (Fsp3) is 0.421. The van der Waals surface area contributed by atoms with Crippen LogP contribution < -0.4 is 5.32 Å². The molecule has 0 fully saturated rings. The van der Waals surface area contributed by atoms with E-state index in [-0.39, 0.29) is 5.92 Å². The Morgan fingerprint density at radius 3 is 2.82 bits per heavy atom. The zero-order chi connectivity index (χ0) is 20.4. The fourth-order valence-corrected chi connectivity index (χ4v) is 3.71. The van der Waals surface area contributed by atoms with Gasteiger partial charge in [0, 0.05) is 28.7 Å². The molecule has 3 rings (SSSR count). The van der Waals surface area contributed by atoms with Gasteiger partial charge in [0.25, 0.3) is 0 Å². The van der Waals surface area contributed by atoms with Crippen LogP contribution in [0.4, 0.5) is 9.18 Å². The molecule has 7 nitrogen and oxygen atoms in total. The van der Waals surface area contributed by atoms with Crippen LogP contribution in [0.2, 0.25) is 0 Å². The Hall–Kier alpha value is -2.42. The number of amides is 2. The lowest BCUT2D eigenvalue weighted by Crippen LogP contribution is -2.53. The van der Waals surface area contributed by atoms with E-state index in [4.69, 9.17) is 4.74 Å². The van der Waals surface area contributed by atoms with E-state index in [1.54, 1.807) is 18.5 Å². The van der Waals surface area contributed by atoms with Crippen molar-refractivity contribution in [3.8, 4) is 0 Å². The van der Waals surface area contributed by atoms with Crippen molar-refractivity contribution in [1.82, 2.24) is 20.2 Å². The molecule has 0 aliphatic carbocycles. The van der Waals surface area contributed by atoms with Gasteiger partial charge in [-0.05, 0) is 18.1 Å². The molecular weight excluding hydrogens is 431 g/mol. The average Bonchev–Trinajstić information content (AvgIpc) is 3.13. The highest BCUT2D eigenvalue weighted by atomic mass is 79.9. The van der Waals surface area contributed by atoms with E-state index < -0.39 is 29.9 Å². The first kappa shape index (κ1) is 20.3. The monoisotopic (exact) mass is 452 g/mol. The second kappa shape index (κ2) is 8.30. The average molecular weight is 453 g/mol. The maximum atomic E-state index is 14.7. The Bertz CT molecular complexity index is 886. The number of urea groups is 1. The number of imidazole rings is 1. The van der Waals surface area contributed by atoms with Crippen molar-refractivity contribution in [2.24, 2.45) is 5.92 Å². The molecule has 2 N–H and O–H groups in total. The van der Waals surface area contributed by atoms with Gasteiger partial charge in [-0.25, -0.2) is 19.0 Å². The lowest BCUT2D eigenvalue weighted by atomic mass is 9.95. The van der Waals surface area contributed by atoms with Crippen LogP contribution in [0.3, 0.4) is 0 Å². The number of halogens is 2. The number of H-pyrrole nitrogens is 1. The summed E-state index contributed by atoms with van der Waals surface area (Å²) in [5.74, 6) is -1.13. The predicted molar refractivity (Wildman–Crippen MR) is 104 cm³/mol. The molecule has 1 aliphatic rings. The van der Waals surface area contributed by atoms with E-state index >= 15 is 0 Å². The highest BCUT2D eigenvalue weighted by Crippen LogP contribution is 2.35. The maximum Gasteiger partial charge on any atom is 0.328 e. The molecule has 28 heavy (non-hydrogen) atoms. The smallest absolute Gasteiger partial charge is 0.328 e. The van der Waals surface area contributed by atoms with Gasteiger partial charge in [-0.15, -0.1) is 0 Å². The van der Waals surface area contributed by atoms with Gasteiger partial charge in [-0.2, -0.15) is 0 Å². The molecule has 2 aromatic rings. The quantitative estimate of drug-likeness (QED) is 0.697. The molecule has 0 spiro atoms. The van der Waals surface area contributed by atoms with Crippen LogP contribution in [0.15, 0.2) is 29.0 Å². The van der Waals surface area contributed by atoms with Crippen molar-refractivity contribution < 1.29 is 18.7 Å². The van der Waals surface area contributed by atoms with Crippen molar-refractivity contribution in [1.29, 1.82) is 0 Å². The molecule has 1 aromatic heterocycles. The summed E-state index contributed by atoms with van der Waals surface area (Å²) in [7, 11) is 1.28. The number of methoxy groups -OCH3 is 1. The van der Waals surface area contributed by atoms with Crippen molar-refractivity contribution >= 4 is 27.9 Å². The van der Waals surface area contributed by atoms with Gasteiger partial charge in [0.15, 0.2) is 0 Å². The molecule has 0 unspecified atom stereocenters. The van der Waals surface area contributed by atoms with Crippen LogP contribution in [0.25, 0.3) is 0 Å². The number of hydrogen-bond acceptors (Lipinski definition) is 4. The highest BCUT2D eigenvalue weighted by molar-refractivity contribution is 9.10. The summed E-state index contributed by atoms with van der Waals surface area (Å²) in [5, 5.41) is 2.73. The number of benzene rings is 1. The minimum absolute atomic E-state index is 0.162. The first-order valence-electron chi connectivity index (χ1n) is 8.95. The number of carbonyl (C=O) groups excluding carboxylic acids is 2. The Balaban J connectivity index is 1.96. The molecular formula is C19H22BrFN4O3. The van der Waals surface area contributed by atoms with Gasteiger partial charge in [-0.1, -0.05) is 35.8 Å². The third-order valence-corrected chi connectivity index (χ3v) is 5.34. The summed E-state index contributed by atoms with van der Waals surface area (Å²) in [5.41, 5.74) is 1.80. The number of ether oxygens (including phenoxy) is 1. The van der Waals surface area contributed by atoms with E-state index in [0.29, 0.717) is 28.7 Å². The number of aromatic nitrogens is 2. The minimum atomic E-state index is -0.798. The topological polar surface area (TPSA) is 87.3 Å². The lowest BCUT2D eigenvalue weighted by Gasteiger charge is -2.36. The van der Waals surface area contributed by atoms with Gasteiger partial charge < -0.3 is 19.9 Å². The van der Waals surface area contributed by atoms with Crippen molar-refractivity contribution in [3.63, 3.8) is 0 Å². The molecule has 2 heterocycles. The number of fused-ring (bicyclic) bond motifs is 1. The Labute approximate surface area is 170 Å². The molecule has 9 heteroatoms. The summed E-state index contributed by atoms with van der Waals surface area (Å²) >= 11 is 3.26. The Kier molecular flexibility index (Phi) is 6.02. The van der Waals surface area contributed by atoms with Crippen LogP contribution in [0.1, 0.15) is 36.8 Å². The number of rotatable bonds is 4. The van der Waals surface area contributed by atoms with Gasteiger partial charge in [0.1, 0.15) is 17.9 Å². The zero-order valence-electron chi connectivity index (χ0n) is 15.8. The van der Waals surface area contributed by atoms with Crippen molar-refractivity contribution in [2.75, 3.05) is 13.7 Å². The van der Waals surface area contributed by atoms with Gasteiger partial charge in [0.05, 0.1) is 19.1 Å². The van der Waals surface area contributed by atoms with E-state index in [1.807, 2.05) is 13.8 Å². The van der Waals surface area contributed by atoms with Crippen LogP contribution in [0, 0.1) is 11.7 Å². The summed E-state index contributed by atoms with van der Waals surface area (Å²) in [6, 6.07) is 2.75. The standard InChI is InChI=1S/C19H22BrFN4O3/c1-10(2)15(18(26)28-3)24-19(27)25-7-6-14-16(23-9-22-14)17(25)12-5-4-11(20)8-13(12)21/h4-5,8-10,15,17H,6-7H2,1-3H3,(H,22,23)(H,24,27)/t15-,17-/m1/s1. The molecule has 0 saturated heterocycles. The molecule has 1 aromatic carbocycles.